The summed E-state index contributed by atoms with van der Waals surface area (Å²) in [5.74, 6) is 0.963. The highest BCUT2D eigenvalue weighted by Crippen LogP contribution is 2.44. The van der Waals surface area contributed by atoms with E-state index in [-0.39, 0.29) is 4.90 Å². The lowest BCUT2D eigenvalue weighted by atomic mass is 10.0. The first-order valence-corrected chi connectivity index (χ1v) is 6.01. The number of hydrogen-bond acceptors (Lipinski definition) is 3. The fourth-order valence-electron chi connectivity index (χ4n) is 1.82. The standard InChI is InChI=1S/C10H9BF3O2S/c12-10(13,14)7-3-4-8(16-11-15)6-2-1-5-17-9(6)7/h3-4,15H,1-2,5H2. The van der Waals surface area contributed by atoms with Crippen LogP contribution in [0.5, 0.6) is 5.75 Å². The van der Waals surface area contributed by atoms with Crippen molar-refractivity contribution >= 4 is 19.4 Å². The summed E-state index contributed by atoms with van der Waals surface area (Å²) >= 11 is 1.19. The van der Waals surface area contributed by atoms with E-state index in [0.717, 1.165) is 12.5 Å². The molecule has 91 valence electrons. The molecule has 0 aliphatic carbocycles. The Morgan fingerprint density at radius 3 is 2.76 bits per heavy atom. The number of thioether (sulfide) groups is 1. The molecule has 1 aliphatic heterocycles. The monoisotopic (exact) mass is 261 g/mol. The molecule has 0 saturated carbocycles. The molecule has 0 saturated heterocycles. The summed E-state index contributed by atoms with van der Waals surface area (Å²) in [6, 6.07) is 2.25. The fraction of sp³-hybridized carbons (Fsp3) is 0.400. The van der Waals surface area contributed by atoms with E-state index in [0.29, 0.717) is 31.2 Å². The van der Waals surface area contributed by atoms with Crippen molar-refractivity contribution in [3.8, 4) is 5.75 Å². The number of halogens is 3. The minimum atomic E-state index is -4.35. The van der Waals surface area contributed by atoms with Gasteiger partial charge >= 0.3 is 13.9 Å². The summed E-state index contributed by atoms with van der Waals surface area (Å²) in [7, 11) is 0.488. The summed E-state index contributed by atoms with van der Waals surface area (Å²) in [4.78, 5) is 0.225. The molecule has 0 unspecified atom stereocenters. The first-order chi connectivity index (χ1) is 8.04. The van der Waals surface area contributed by atoms with E-state index in [2.05, 4.69) is 0 Å². The van der Waals surface area contributed by atoms with Gasteiger partial charge in [0.2, 0.25) is 0 Å². The lowest BCUT2D eigenvalue weighted by molar-refractivity contribution is -0.139. The van der Waals surface area contributed by atoms with Gasteiger partial charge in [0.15, 0.2) is 0 Å². The maximum absolute atomic E-state index is 12.8. The highest BCUT2D eigenvalue weighted by Gasteiger charge is 2.36. The lowest BCUT2D eigenvalue weighted by Crippen LogP contribution is -2.13. The van der Waals surface area contributed by atoms with Crippen molar-refractivity contribution < 1.29 is 22.8 Å². The fourth-order valence-corrected chi connectivity index (χ4v) is 3.03. The van der Waals surface area contributed by atoms with Crippen LogP contribution in [0, 0.1) is 0 Å². The van der Waals surface area contributed by atoms with Crippen LogP contribution in [-0.2, 0) is 12.6 Å². The zero-order chi connectivity index (χ0) is 12.5. The van der Waals surface area contributed by atoms with Gasteiger partial charge in [0.25, 0.3) is 0 Å². The van der Waals surface area contributed by atoms with Crippen molar-refractivity contribution in [2.75, 3.05) is 5.75 Å². The summed E-state index contributed by atoms with van der Waals surface area (Å²) < 4.78 is 43.2. The van der Waals surface area contributed by atoms with Crippen molar-refractivity contribution in [2.45, 2.75) is 23.9 Å². The Kier molecular flexibility index (Phi) is 3.58. The molecule has 7 heteroatoms. The van der Waals surface area contributed by atoms with Crippen LogP contribution in [-0.4, -0.2) is 18.5 Å². The predicted octanol–water partition coefficient (Wildman–Crippen LogP) is 2.65. The zero-order valence-corrected chi connectivity index (χ0v) is 9.57. The molecule has 0 bridgehead atoms. The Balaban J connectivity index is 2.51. The highest BCUT2D eigenvalue weighted by molar-refractivity contribution is 7.99. The molecule has 1 aromatic carbocycles. The van der Waals surface area contributed by atoms with Gasteiger partial charge in [-0.15, -0.1) is 11.8 Å². The van der Waals surface area contributed by atoms with Crippen molar-refractivity contribution in [1.82, 2.24) is 0 Å². The average Bonchev–Trinajstić information content (AvgIpc) is 2.28. The molecule has 0 atom stereocenters. The van der Waals surface area contributed by atoms with Gasteiger partial charge < -0.3 is 9.68 Å². The van der Waals surface area contributed by atoms with E-state index < -0.39 is 11.7 Å². The van der Waals surface area contributed by atoms with Gasteiger partial charge in [-0.05, 0) is 30.7 Å². The summed E-state index contributed by atoms with van der Waals surface area (Å²) in [5.41, 5.74) is -0.0936. The summed E-state index contributed by atoms with van der Waals surface area (Å²) in [6.07, 6.45) is -3.01. The molecule has 0 aromatic heterocycles. The second-order valence-electron chi connectivity index (χ2n) is 3.59. The van der Waals surface area contributed by atoms with Crippen molar-refractivity contribution in [2.24, 2.45) is 0 Å². The Labute approximate surface area is 101 Å². The van der Waals surface area contributed by atoms with Gasteiger partial charge in [0.1, 0.15) is 5.75 Å². The van der Waals surface area contributed by atoms with Gasteiger partial charge in [-0.1, -0.05) is 0 Å². The summed E-state index contributed by atoms with van der Waals surface area (Å²) in [5, 5.41) is 8.57. The van der Waals surface area contributed by atoms with Crippen LogP contribution in [0.25, 0.3) is 0 Å². The zero-order valence-electron chi connectivity index (χ0n) is 8.75. The second kappa shape index (κ2) is 4.82. The van der Waals surface area contributed by atoms with Gasteiger partial charge in [-0.2, -0.15) is 13.2 Å². The van der Waals surface area contributed by atoms with Crippen molar-refractivity contribution in [1.29, 1.82) is 0 Å². The van der Waals surface area contributed by atoms with E-state index in [1.54, 1.807) is 0 Å². The van der Waals surface area contributed by atoms with Crippen LogP contribution in [0.15, 0.2) is 17.0 Å². The van der Waals surface area contributed by atoms with E-state index in [9.17, 15) is 13.2 Å². The molecule has 0 fully saturated rings. The van der Waals surface area contributed by atoms with E-state index >= 15 is 0 Å². The van der Waals surface area contributed by atoms with Crippen LogP contribution in [0.3, 0.4) is 0 Å². The number of benzene rings is 1. The Morgan fingerprint density at radius 2 is 2.12 bits per heavy atom. The first kappa shape index (κ1) is 12.6. The maximum Gasteiger partial charge on any atom is 0.569 e. The van der Waals surface area contributed by atoms with Crippen LogP contribution >= 0.6 is 11.8 Å². The molecule has 17 heavy (non-hydrogen) atoms. The van der Waals surface area contributed by atoms with Gasteiger partial charge in [-0.3, -0.25) is 0 Å². The quantitative estimate of drug-likeness (QED) is 0.830. The third-order valence-electron chi connectivity index (χ3n) is 2.52. The Hall–Kier alpha value is -0.815. The second-order valence-corrected chi connectivity index (χ2v) is 4.70. The topological polar surface area (TPSA) is 29.5 Å². The van der Waals surface area contributed by atoms with Crippen LogP contribution < -0.4 is 4.65 Å². The minimum Gasteiger partial charge on any atom is -0.537 e. The molecule has 1 aliphatic rings. The normalized spacial score (nSPS) is 15.3. The van der Waals surface area contributed by atoms with E-state index in [4.69, 9.17) is 9.68 Å². The van der Waals surface area contributed by atoms with Crippen LogP contribution in [0.2, 0.25) is 0 Å². The number of rotatable bonds is 2. The molecular weight excluding hydrogens is 252 g/mol. The summed E-state index contributed by atoms with van der Waals surface area (Å²) in [6.45, 7) is 0. The molecule has 2 nitrogen and oxygen atoms in total. The minimum absolute atomic E-state index is 0.225. The molecular formula is C10H9BF3O2S. The Morgan fingerprint density at radius 1 is 1.35 bits per heavy atom. The van der Waals surface area contributed by atoms with Crippen LogP contribution in [0.4, 0.5) is 13.2 Å². The van der Waals surface area contributed by atoms with E-state index in [1.165, 1.54) is 17.8 Å². The molecule has 0 amide bonds. The largest absolute Gasteiger partial charge is 0.569 e. The number of hydrogen-bond donors (Lipinski definition) is 1. The maximum atomic E-state index is 12.8. The molecule has 2 rings (SSSR count). The molecule has 1 heterocycles. The highest BCUT2D eigenvalue weighted by atomic mass is 32.2. The smallest absolute Gasteiger partial charge is 0.537 e. The molecule has 1 radical (unpaired) electrons. The van der Waals surface area contributed by atoms with Crippen molar-refractivity contribution in [3.63, 3.8) is 0 Å². The lowest BCUT2D eigenvalue weighted by Gasteiger charge is -2.22. The van der Waals surface area contributed by atoms with E-state index in [1.807, 2.05) is 0 Å². The third kappa shape index (κ3) is 2.55. The molecule has 1 aromatic rings. The van der Waals surface area contributed by atoms with Gasteiger partial charge in [-0.25, -0.2) is 0 Å². The van der Waals surface area contributed by atoms with Crippen molar-refractivity contribution in [3.05, 3.63) is 23.3 Å². The molecule has 1 N–H and O–H groups in total. The van der Waals surface area contributed by atoms with Gasteiger partial charge in [0.05, 0.1) is 5.56 Å². The Bertz CT molecular complexity index is 423. The SMILES string of the molecule is O[B]Oc1ccc(C(F)(F)F)c2c1CCCS2. The number of alkyl halides is 3. The first-order valence-electron chi connectivity index (χ1n) is 5.02. The predicted molar refractivity (Wildman–Crippen MR) is 59.1 cm³/mol. The third-order valence-corrected chi connectivity index (χ3v) is 3.77. The molecule has 0 spiro atoms. The average molecular weight is 261 g/mol. The number of fused-ring (bicyclic) bond motifs is 1. The van der Waals surface area contributed by atoms with Crippen LogP contribution in [0.1, 0.15) is 17.5 Å². The van der Waals surface area contributed by atoms with Gasteiger partial charge in [0, 0.05) is 10.5 Å².